The summed E-state index contributed by atoms with van der Waals surface area (Å²) in [6.07, 6.45) is 2.27. The molecule has 0 saturated heterocycles. The van der Waals surface area contributed by atoms with Gasteiger partial charge < -0.3 is 9.30 Å². The van der Waals surface area contributed by atoms with Crippen molar-refractivity contribution in [3.8, 4) is 0 Å². The Kier molecular flexibility index (Phi) is 4.26. The predicted molar refractivity (Wildman–Crippen MR) is 87.9 cm³/mol. The molecular formula is C19H20FNO3. The zero-order chi connectivity index (χ0) is 17.4. The Labute approximate surface area is 140 Å². The van der Waals surface area contributed by atoms with E-state index in [1.165, 1.54) is 12.1 Å². The summed E-state index contributed by atoms with van der Waals surface area (Å²) in [6, 6.07) is 6.46. The van der Waals surface area contributed by atoms with Gasteiger partial charge in [0.2, 0.25) is 5.78 Å². The first-order valence-electron chi connectivity index (χ1n) is 8.03. The van der Waals surface area contributed by atoms with Crippen LogP contribution in [0, 0.1) is 26.6 Å². The summed E-state index contributed by atoms with van der Waals surface area (Å²) < 4.78 is 20.7. The molecule has 4 nitrogen and oxygen atoms in total. The lowest BCUT2D eigenvalue weighted by Crippen LogP contribution is -2.15. The first-order valence-corrected chi connectivity index (χ1v) is 8.03. The Morgan fingerprint density at radius 2 is 1.92 bits per heavy atom. The van der Waals surface area contributed by atoms with Crippen LogP contribution in [0.3, 0.4) is 0 Å². The van der Waals surface area contributed by atoms with Gasteiger partial charge in [-0.15, -0.1) is 0 Å². The van der Waals surface area contributed by atoms with Crippen LogP contribution in [0.1, 0.15) is 56.6 Å². The molecule has 24 heavy (non-hydrogen) atoms. The van der Waals surface area contributed by atoms with Crippen LogP contribution in [0.5, 0.6) is 0 Å². The minimum Gasteiger partial charge on any atom is -0.454 e. The van der Waals surface area contributed by atoms with Gasteiger partial charge in [0.05, 0.1) is 5.56 Å². The van der Waals surface area contributed by atoms with E-state index in [0.29, 0.717) is 17.2 Å². The quantitative estimate of drug-likeness (QED) is 0.617. The second kappa shape index (κ2) is 6.23. The van der Waals surface area contributed by atoms with Gasteiger partial charge in [0.1, 0.15) is 5.82 Å². The van der Waals surface area contributed by atoms with Crippen molar-refractivity contribution >= 4 is 11.8 Å². The molecule has 0 amide bonds. The minimum atomic E-state index is -0.696. The van der Waals surface area contributed by atoms with Gasteiger partial charge >= 0.3 is 5.97 Å². The number of esters is 1. The van der Waals surface area contributed by atoms with Crippen molar-refractivity contribution < 1.29 is 18.7 Å². The number of ketones is 1. The molecule has 0 aliphatic heterocycles. The predicted octanol–water partition coefficient (Wildman–Crippen LogP) is 3.93. The molecule has 126 valence electrons. The van der Waals surface area contributed by atoms with Gasteiger partial charge in [0.25, 0.3) is 0 Å². The van der Waals surface area contributed by atoms with Crippen LogP contribution < -0.4 is 0 Å². The second-order valence-electron chi connectivity index (χ2n) is 6.35. The van der Waals surface area contributed by atoms with Gasteiger partial charge in [-0.05, 0) is 57.4 Å². The van der Waals surface area contributed by atoms with Crippen molar-refractivity contribution in [3.05, 3.63) is 58.2 Å². The Morgan fingerprint density at radius 1 is 1.21 bits per heavy atom. The highest BCUT2D eigenvalue weighted by Crippen LogP contribution is 2.38. The molecule has 0 radical (unpaired) electrons. The van der Waals surface area contributed by atoms with Crippen molar-refractivity contribution in [1.29, 1.82) is 0 Å². The SMILES string of the molecule is Cc1ccc(C(=O)OCC(=O)c2cc(C)n(C3CC3)c2C)cc1F. The maximum atomic E-state index is 13.5. The van der Waals surface area contributed by atoms with Crippen LogP contribution in [0.25, 0.3) is 0 Å². The summed E-state index contributed by atoms with van der Waals surface area (Å²) >= 11 is 0. The lowest BCUT2D eigenvalue weighted by atomic mass is 10.1. The molecule has 0 spiro atoms. The Morgan fingerprint density at radius 3 is 2.54 bits per heavy atom. The Bertz CT molecular complexity index is 818. The number of rotatable bonds is 5. The standard InChI is InChI=1S/C19H20FNO3/c1-11-4-5-14(9-17(11)20)19(23)24-10-18(22)16-8-12(2)21(13(16)3)15-6-7-15/h4-5,8-9,15H,6-7,10H2,1-3H3. The number of carbonyl (C=O) groups excluding carboxylic acids is 2. The fraction of sp³-hybridized carbons (Fsp3) is 0.368. The molecule has 1 aromatic heterocycles. The highest BCUT2D eigenvalue weighted by atomic mass is 19.1. The summed E-state index contributed by atoms with van der Waals surface area (Å²) in [4.78, 5) is 24.3. The summed E-state index contributed by atoms with van der Waals surface area (Å²) in [5, 5.41) is 0. The maximum Gasteiger partial charge on any atom is 0.338 e. The van der Waals surface area contributed by atoms with E-state index >= 15 is 0 Å². The fourth-order valence-electron chi connectivity index (χ4n) is 2.97. The molecule has 5 heteroatoms. The van der Waals surface area contributed by atoms with Crippen LogP contribution in [0.2, 0.25) is 0 Å². The number of Topliss-reactive ketones (excluding diaryl/α,β-unsaturated/α-hetero) is 1. The molecular weight excluding hydrogens is 309 g/mol. The van der Waals surface area contributed by atoms with Crippen LogP contribution in [-0.4, -0.2) is 22.9 Å². The number of aromatic nitrogens is 1. The Hall–Kier alpha value is -2.43. The van der Waals surface area contributed by atoms with Gasteiger partial charge in [-0.3, -0.25) is 4.79 Å². The second-order valence-corrected chi connectivity index (χ2v) is 6.35. The van der Waals surface area contributed by atoms with Crippen LogP contribution in [0.15, 0.2) is 24.3 Å². The van der Waals surface area contributed by atoms with Gasteiger partial charge in [-0.1, -0.05) is 6.07 Å². The number of hydrogen-bond acceptors (Lipinski definition) is 3. The van der Waals surface area contributed by atoms with E-state index in [4.69, 9.17) is 4.74 Å². The van der Waals surface area contributed by atoms with Crippen molar-refractivity contribution in [2.24, 2.45) is 0 Å². The molecule has 0 atom stereocenters. The van der Waals surface area contributed by atoms with Gasteiger partial charge in [-0.2, -0.15) is 0 Å². The lowest BCUT2D eigenvalue weighted by molar-refractivity contribution is 0.0474. The average molecular weight is 329 g/mol. The van der Waals surface area contributed by atoms with E-state index in [2.05, 4.69) is 4.57 Å². The smallest absolute Gasteiger partial charge is 0.338 e. The molecule has 2 aromatic rings. The summed E-state index contributed by atoms with van der Waals surface area (Å²) in [7, 11) is 0. The van der Waals surface area contributed by atoms with E-state index in [-0.39, 0.29) is 18.0 Å². The molecule has 0 unspecified atom stereocenters. The van der Waals surface area contributed by atoms with Crippen molar-refractivity contribution in [2.45, 2.75) is 39.7 Å². The van der Waals surface area contributed by atoms with Crippen molar-refractivity contribution in [3.63, 3.8) is 0 Å². The lowest BCUT2D eigenvalue weighted by Gasteiger charge is -2.08. The molecule has 1 fully saturated rings. The van der Waals surface area contributed by atoms with Crippen molar-refractivity contribution in [1.82, 2.24) is 4.57 Å². The number of aryl methyl sites for hydroxylation is 2. The van der Waals surface area contributed by atoms with Gasteiger partial charge in [0, 0.05) is 23.0 Å². The Balaban J connectivity index is 1.68. The molecule has 1 saturated carbocycles. The maximum absolute atomic E-state index is 13.5. The highest BCUT2D eigenvalue weighted by Gasteiger charge is 2.28. The first-order chi connectivity index (χ1) is 11.4. The van der Waals surface area contributed by atoms with Gasteiger partial charge in [-0.25, -0.2) is 9.18 Å². The molecule has 1 heterocycles. The third-order valence-corrected chi connectivity index (χ3v) is 4.44. The number of carbonyl (C=O) groups is 2. The number of ether oxygens (including phenoxy) is 1. The van der Waals surface area contributed by atoms with E-state index in [1.54, 1.807) is 6.92 Å². The van der Waals surface area contributed by atoms with Crippen LogP contribution in [0.4, 0.5) is 4.39 Å². The molecule has 3 rings (SSSR count). The normalized spacial score (nSPS) is 13.8. The van der Waals surface area contributed by atoms with Crippen molar-refractivity contribution in [2.75, 3.05) is 6.61 Å². The number of benzene rings is 1. The van der Waals surface area contributed by atoms with Crippen LogP contribution in [-0.2, 0) is 4.74 Å². The third-order valence-electron chi connectivity index (χ3n) is 4.44. The van der Waals surface area contributed by atoms with Crippen LogP contribution >= 0.6 is 0 Å². The van der Waals surface area contributed by atoms with Gasteiger partial charge in [0.15, 0.2) is 6.61 Å². The largest absolute Gasteiger partial charge is 0.454 e. The van der Waals surface area contributed by atoms with E-state index in [9.17, 15) is 14.0 Å². The topological polar surface area (TPSA) is 48.3 Å². The highest BCUT2D eigenvalue weighted by molar-refractivity contribution is 6.00. The average Bonchev–Trinajstić information content (AvgIpc) is 3.32. The van der Waals surface area contributed by atoms with E-state index in [0.717, 1.165) is 30.3 Å². The minimum absolute atomic E-state index is 0.106. The number of nitrogens with zero attached hydrogens (tertiary/aromatic N) is 1. The number of hydrogen-bond donors (Lipinski definition) is 0. The summed E-state index contributed by atoms with van der Waals surface area (Å²) in [6.45, 7) is 5.16. The zero-order valence-corrected chi connectivity index (χ0v) is 14.1. The summed E-state index contributed by atoms with van der Waals surface area (Å²) in [5.41, 5.74) is 3.11. The zero-order valence-electron chi connectivity index (χ0n) is 14.1. The molecule has 1 aromatic carbocycles. The molecule has 1 aliphatic carbocycles. The number of halogens is 1. The third kappa shape index (κ3) is 3.11. The fourth-order valence-corrected chi connectivity index (χ4v) is 2.97. The first kappa shape index (κ1) is 16.4. The summed E-state index contributed by atoms with van der Waals surface area (Å²) in [5.74, 6) is -1.40. The molecule has 0 N–H and O–H groups in total. The molecule has 0 bridgehead atoms. The van der Waals surface area contributed by atoms with E-state index < -0.39 is 11.8 Å². The monoisotopic (exact) mass is 329 g/mol. The van der Waals surface area contributed by atoms with E-state index in [1.807, 2.05) is 19.9 Å². The molecule has 1 aliphatic rings.